The first-order valence-corrected chi connectivity index (χ1v) is 10.8. The van der Waals surface area contributed by atoms with Crippen LogP contribution in [0.4, 0.5) is 30.6 Å². The molecule has 2 fully saturated rings. The fourth-order valence-corrected chi connectivity index (χ4v) is 4.01. The van der Waals surface area contributed by atoms with E-state index in [1.54, 1.807) is 18.2 Å². The van der Waals surface area contributed by atoms with E-state index in [-0.39, 0.29) is 17.7 Å². The zero-order chi connectivity index (χ0) is 22.5. The van der Waals surface area contributed by atoms with Gasteiger partial charge in [0.25, 0.3) is 5.91 Å². The number of carbonyl (C=O) groups excluding carboxylic acids is 2. The smallest absolute Gasteiger partial charge is 0.323 e. The first kappa shape index (κ1) is 22.0. The minimum Gasteiger partial charge on any atom is -0.376 e. The van der Waals surface area contributed by atoms with E-state index in [4.69, 9.17) is 4.74 Å². The number of hydrogen-bond donors (Lipinski definition) is 3. The number of nitrogens with zero attached hydrogens (tertiary/aromatic N) is 1. The number of anilines is 3. The Labute approximate surface area is 185 Å². The number of carbonyl (C=O) groups is 2. The zero-order valence-corrected chi connectivity index (χ0v) is 17.6. The summed E-state index contributed by atoms with van der Waals surface area (Å²) in [5, 5.41) is 7.89. The third-order valence-corrected chi connectivity index (χ3v) is 5.64. The van der Waals surface area contributed by atoms with Gasteiger partial charge in [0.15, 0.2) is 0 Å². The van der Waals surface area contributed by atoms with Gasteiger partial charge in [0.1, 0.15) is 11.6 Å². The number of benzene rings is 2. The van der Waals surface area contributed by atoms with Crippen LogP contribution in [-0.2, 0) is 4.74 Å². The Balaban J connectivity index is 1.48. The second kappa shape index (κ2) is 9.95. The Morgan fingerprint density at radius 1 is 1.03 bits per heavy atom. The highest BCUT2D eigenvalue weighted by Gasteiger charge is 2.22. The molecule has 1 atom stereocenters. The first-order valence-electron chi connectivity index (χ1n) is 10.8. The largest absolute Gasteiger partial charge is 0.376 e. The normalized spacial score (nSPS) is 17.9. The molecular weight excluding hydrogens is 418 g/mol. The molecule has 1 unspecified atom stereocenters. The lowest BCUT2D eigenvalue weighted by atomic mass is 10.1. The van der Waals surface area contributed by atoms with E-state index in [9.17, 15) is 18.4 Å². The predicted octanol–water partition coefficient (Wildman–Crippen LogP) is 4.12. The molecule has 170 valence electrons. The van der Waals surface area contributed by atoms with Gasteiger partial charge >= 0.3 is 6.03 Å². The highest BCUT2D eigenvalue weighted by atomic mass is 19.1. The third kappa shape index (κ3) is 5.34. The first-order chi connectivity index (χ1) is 15.5. The van der Waals surface area contributed by atoms with Gasteiger partial charge in [-0.25, -0.2) is 13.6 Å². The van der Waals surface area contributed by atoms with Crippen molar-refractivity contribution in [3.8, 4) is 0 Å². The second-order valence-corrected chi connectivity index (χ2v) is 7.97. The molecule has 9 heteroatoms. The van der Waals surface area contributed by atoms with Crippen LogP contribution in [0.1, 0.15) is 36.0 Å². The van der Waals surface area contributed by atoms with Gasteiger partial charge in [0.2, 0.25) is 0 Å². The van der Waals surface area contributed by atoms with Crippen LogP contribution in [0.25, 0.3) is 0 Å². The maximum atomic E-state index is 13.8. The summed E-state index contributed by atoms with van der Waals surface area (Å²) in [5.74, 6) is -1.85. The summed E-state index contributed by atoms with van der Waals surface area (Å²) in [6.45, 7) is 2.87. The van der Waals surface area contributed by atoms with Crippen molar-refractivity contribution >= 4 is 29.0 Å². The van der Waals surface area contributed by atoms with Gasteiger partial charge in [-0.05, 0) is 56.0 Å². The molecule has 2 aromatic carbocycles. The van der Waals surface area contributed by atoms with Crippen molar-refractivity contribution in [1.29, 1.82) is 0 Å². The molecule has 3 N–H and O–H groups in total. The van der Waals surface area contributed by atoms with E-state index in [0.717, 1.165) is 56.6 Å². The molecule has 2 saturated heterocycles. The number of halogens is 2. The molecule has 2 aliphatic rings. The van der Waals surface area contributed by atoms with Gasteiger partial charge in [-0.15, -0.1) is 0 Å². The molecule has 2 aliphatic heterocycles. The van der Waals surface area contributed by atoms with Crippen molar-refractivity contribution in [1.82, 2.24) is 5.32 Å². The van der Waals surface area contributed by atoms with E-state index >= 15 is 0 Å². The van der Waals surface area contributed by atoms with Crippen LogP contribution in [0, 0.1) is 11.6 Å². The van der Waals surface area contributed by atoms with Crippen molar-refractivity contribution in [2.75, 3.05) is 41.8 Å². The molecule has 0 bridgehead atoms. The molecule has 32 heavy (non-hydrogen) atoms. The monoisotopic (exact) mass is 444 g/mol. The lowest BCUT2D eigenvalue weighted by Gasteiger charge is -2.22. The number of urea groups is 1. The number of ether oxygens (including phenoxy) is 1. The van der Waals surface area contributed by atoms with E-state index < -0.39 is 17.7 Å². The average molecular weight is 444 g/mol. The Morgan fingerprint density at radius 2 is 1.84 bits per heavy atom. The SMILES string of the molecule is O=C(Nc1ccc(N2CCCC2)c(C(=O)NCC2CCCO2)c1)Nc1ccc(F)cc1F. The van der Waals surface area contributed by atoms with Gasteiger partial charge in [-0.1, -0.05) is 0 Å². The standard InChI is InChI=1S/C23H26F2N4O3/c24-15-5-7-20(19(25)12-15)28-23(31)27-16-6-8-21(29-9-1-2-10-29)18(13-16)22(30)26-14-17-4-3-11-32-17/h5-8,12-13,17H,1-4,9-11,14H2,(H,26,30)(H2,27,28,31). The van der Waals surface area contributed by atoms with E-state index in [1.165, 1.54) is 0 Å². The van der Waals surface area contributed by atoms with Crippen molar-refractivity contribution in [2.45, 2.75) is 31.8 Å². The van der Waals surface area contributed by atoms with Crippen molar-refractivity contribution in [2.24, 2.45) is 0 Å². The molecular formula is C23H26F2N4O3. The van der Waals surface area contributed by atoms with Crippen LogP contribution < -0.4 is 20.9 Å². The molecule has 0 spiro atoms. The summed E-state index contributed by atoms with van der Waals surface area (Å²) >= 11 is 0. The zero-order valence-electron chi connectivity index (χ0n) is 17.6. The number of rotatable bonds is 6. The fraction of sp³-hybridized carbons (Fsp3) is 0.391. The summed E-state index contributed by atoms with van der Waals surface area (Å²) in [4.78, 5) is 27.5. The number of nitrogens with one attached hydrogen (secondary N) is 3. The summed E-state index contributed by atoms with van der Waals surface area (Å²) < 4.78 is 32.4. The lowest BCUT2D eigenvalue weighted by Crippen LogP contribution is -2.33. The number of amides is 3. The Hall–Kier alpha value is -3.20. The Kier molecular flexibility index (Phi) is 6.84. The van der Waals surface area contributed by atoms with Gasteiger partial charge in [0.05, 0.1) is 17.4 Å². The molecule has 2 aromatic rings. The van der Waals surface area contributed by atoms with E-state index in [2.05, 4.69) is 20.9 Å². The van der Waals surface area contributed by atoms with Gasteiger partial charge in [0, 0.05) is 43.7 Å². The average Bonchev–Trinajstić information content (AvgIpc) is 3.48. The summed E-state index contributed by atoms with van der Waals surface area (Å²) in [6, 6.07) is 7.31. The summed E-state index contributed by atoms with van der Waals surface area (Å²) in [7, 11) is 0. The second-order valence-electron chi connectivity index (χ2n) is 7.97. The fourth-order valence-electron chi connectivity index (χ4n) is 4.01. The van der Waals surface area contributed by atoms with Gasteiger partial charge in [-0.2, -0.15) is 0 Å². The van der Waals surface area contributed by atoms with Crippen LogP contribution in [0.2, 0.25) is 0 Å². The van der Waals surface area contributed by atoms with Gasteiger partial charge in [-0.3, -0.25) is 4.79 Å². The minimum absolute atomic E-state index is 0.0203. The number of hydrogen-bond acceptors (Lipinski definition) is 4. The molecule has 0 aliphatic carbocycles. The molecule has 0 aromatic heterocycles. The van der Waals surface area contributed by atoms with Crippen molar-refractivity contribution in [3.05, 3.63) is 53.6 Å². The van der Waals surface area contributed by atoms with Crippen molar-refractivity contribution < 1.29 is 23.1 Å². The minimum atomic E-state index is -0.876. The summed E-state index contributed by atoms with van der Waals surface area (Å²) in [5.41, 5.74) is 1.50. The molecule has 4 rings (SSSR count). The van der Waals surface area contributed by atoms with E-state index in [0.29, 0.717) is 30.5 Å². The Morgan fingerprint density at radius 3 is 2.56 bits per heavy atom. The highest BCUT2D eigenvalue weighted by molar-refractivity contribution is 6.04. The topological polar surface area (TPSA) is 82.7 Å². The molecule has 0 radical (unpaired) electrons. The van der Waals surface area contributed by atoms with E-state index in [1.807, 2.05) is 0 Å². The van der Waals surface area contributed by atoms with Crippen LogP contribution in [0.3, 0.4) is 0 Å². The van der Waals surface area contributed by atoms with Crippen LogP contribution in [0.15, 0.2) is 36.4 Å². The molecule has 2 heterocycles. The maximum Gasteiger partial charge on any atom is 0.323 e. The molecule has 0 saturated carbocycles. The van der Waals surface area contributed by atoms with Crippen LogP contribution >= 0.6 is 0 Å². The third-order valence-electron chi connectivity index (χ3n) is 5.64. The van der Waals surface area contributed by atoms with Crippen LogP contribution in [0.5, 0.6) is 0 Å². The Bertz CT molecular complexity index is 989. The highest BCUT2D eigenvalue weighted by Crippen LogP contribution is 2.28. The quantitative estimate of drug-likeness (QED) is 0.626. The summed E-state index contributed by atoms with van der Waals surface area (Å²) in [6.07, 6.45) is 4.04. The molecule has 3 amide bonds. The lowest BCUT2D eigenvalue weighted by molar-refractivity contribution is 0.0858. The molecule has 7 nitrogen and oxygen atoms in total. The predicted molar refractivity (Wildman–Crippen MR) is 118 cm³/mol. The van der Waals surface area contributed by atoms with Gasteiger partial charge < -0.3 is 25.6 Å². The maximum absolute atomic E-state index is 13.8. The van der Waals surface area contributed by atoms with Crippen molar-refractivity contribution in [3.63, 3.8) is 0 Å². The van der Waals surface area contributed by atoms with Crippen LogP contribution in [-0.4, -0.2) is 44.3 Å².